The van der Waals surface area contributed by atoms with Gasteiger partial charge in [0.2, 0.25) is 0 Å². The van der Waals surface area contributed by atoms with Crippen LogP contribution in [0.25, 0.3) is 0 Å². The lowest BCUT2D eigenvalue weighted by molar-refractivity contribution is -0.125. The maximum Gasteiger partial charge on any atom is 0.321 e. The van der Waals surface area contributed by atoms with E-state index < -0.39 is 18.0 Å². The summed E-state index contributed by atoms with van der Waals surface area (Å²) in [4.78, 5) is 38.0. The van der Waals surface area contributed by atoms with Gasteiger partial charge in [-0.2, -0.15) is 0 Å². The number of imide groups is 1. The molecule has 0 bridgehead atoms. The van der Waals surface area contributed by atoms with Gasteiger partial charge < -0.3 is 15.0 Å². The van der Waals surface area contributed by atoms with Gasteiger partial charge in [-0.25, -0.2) is 4.79 Å². The summed E-state index contributed by atoms with van der Waals surface area (Å²) in [5, 5.41) is 4.82. The number of nitrogens with zero attached hydrogens (tertiary/aromatic N) is 1. The summed E-state index contributed by atoms with van der Waals surface area (Å²) in [7, 11) is 0. The number of rotatable bonds is 1. The molecule has 0 radical (unpaired) electrons. The highest BCUT2D eigenvalue weighted by atomic mass is 16.5. The van der Waals surface area contributed by atoms with Crippen molar-refractivity contribution in [3.8, 4) is 5.75 Å². The van der Waals surface area contributed by atoms with Gasteiger partial charge in [-0.05, 0) is 43.2 Å². The van der Waals surface area contributed by atoms with Crippen molar-refractivity contribution in [3.63, 3.8) is 0 Å². The van der Waals surface area contributed by atoms with Gasteiger partial charge in [-0.3, -0.25) is 14.9 Å². The maximum atomic E-state index is 13.1. The highest BCUT2D eigenvalue weighted by molar-refractivity contribution is 6.06. The Balaban J connectivity index is 1.49. The molecule has 1 aromatic rings. The minimum atomic E-state index is -0.686. The van der Waals surface area contributed by atoms with Crippen LogP contribution in [0, 0.1) is 0 Å². The molecule has 7 heteroatoms. The number of carbonyl (C=O) groups excluding carboxylic acids is 3. The number of benzene rings is 1. The molecule has 7 nitrogen and oxygen atoms in total. The number of amides is 4. The molecule has 2 N–H and O–H groups in total. The Morgan fingerprint density at radius 1 is 1.12 bits per heavy atom. The number of aryl methyl sites for hydroxylation is 1. The van der Waals surface area contributed by atoms with E-state index in [-0.39, 0.29) is 18.1 Å². The van der Waals surface area contributed by atoms with Crippen LogP contribution >= 0.6 is 0 Å². The molecular formula is C18H19N3O4. The van der Waals surface area contributed by atoms with Crippen molar-refractivity contribution in [3.05, 3.63) is 28.8 Å². The lowest BCUT2D eigenvalue weighted by atomic mass is 9.74. The normalized spacial score (nSPS) is 26.3. The van der Waals surface area contributed by atoms with E-state index in [1.165, 1.54) is 11.3 Å². The van der Waals surface area contributed by atoms with E-state index in [2.05, 4.69) is 10.6 Å². The van der Waals surface area contributed by atoms with E-state index in [1.807, 2.05) is 12.1 Å². The average Bonchev–Trinajstić information content (AvgIpc) is 2.90. The summed E-state index contributed by atoms with van der Waals surface area (Å²) in [5.74, 6) is 0.103. The molecule has 1 spiro atoms. The molecule has 25 heavy (non-hydrogen) atoms. The number of hydrogen-bond donors (Lipinski definition) is 2. The minimum Gasteiger partial charge on any atom is -0.486 e. The topological polar surface area (TPSA) is 87.7 Å². The van der Waals surface area contributed by atoms with Crippen molar-refractivity contribution < 1.29 is 19.1 Å². The van der Waals surface area contributed by atoms with Gasteiger partial charge in [-0.1, -0.05) is 12.1 Å². The number of urea groups is 1. The second-order valence-electron chi connectivity index (χ2n) is 7.37. The molecule has 1 saturated heterocycles. The van der Waals surface area contributed by atoms with Gasteiger partial charge >= 0.3 is 6.03 Å². The Bertz CT molecular complexity index is 815. The molecular weight excluding hydrogens is 322 g/mol. The lowest BCUT2D eigenvalue weighted by Gasteiger charge is -2.45. The largest absolute Gasteiger partial charge is 0.486 e. The van der Waals surface area contributed by atoms with Crippen molar-refractivity contribution >= 4 is 17.8 Å². The zero-order chi connectivity index (χ0) is 17.2. The molecule has 1 atom stereocenters. The maximum absolute atomic E-state index is 13.1. The van der Waals surface area contributed by atoms with Crippen molar-refractivity contribution in [2.45, 2.75) is 50.3 Å². The second kappa shape index (κ2) is 4.97. The van der Waals surface area contributed by atoms with E-state index in [0.29, 0.717) is 12.1 Å². The van der Waals surface area contributed by atoms with Crippen LogP contribution in [0.2, 0.25) is 0 Å². The smallest absolute Gasteiger partial charge is 0.321 e. The Morgan fingerprint density at radius 3 is 2.64 bits per heavy atom. The van der Waals surface area contributed by atoms with Crippen LogP contribution < -0.4 is 15.4 Å². The van der Waals surface area contributed by atoms with Crippen molar-refractivity contribution in [2.75, 3.05) is 6.54 Å². The third-order valence-electron chi connectivity index (χ3n) is 5.95. The molecule has 3 heterocycles. The summed E-state index contributed by atoms with van der Waals surface area (Å²) < 4.78 is 6.33. The first-order chi connectivity index (χ1) is 12.1. The fourth-order valence-corrected chi connectivity index (χ4v) is 4.32. The summed E-state index contributed by atoms with van der Waals surface area (Å²) in [6.07, 6.45) is 5.20. The molecule has 1 aromatic carbocycles. The Hall–Kier alpha value is -2.57. The lowest BCUT2D eigenvalue weighted by Crippen LogP contribution is -2.61. The fraction of sp³-hybridized carbons (Fsp3) is 0.500. The first-order valence-electron chi connectivity index (χ1n) is 8.80. The molecule has 1 aliphatic carbocycles. The van der Waals surface area contributed by atoms with Gasteiger partial charge in [0.05, 0.1) is 5.56 Å². The van der Waals surface area contributed by atoms with E-state index in [4.69, 9.17) is 4.74 Å². The molecule has 3 aliphatic heterocycles. The summed E-state index contributed by atoms with van der Waals surface area (Å²) in [6, 6.07) is 2.81. The average molecular weight is 341 g/mol. The third kappa shape index (κ3) is 2.08. The van der Waals surface area contributed by atoms with Crippen molar-refractivity contribution in [2.24, 2.45) is 0 Å². The van der Waals surface area contributed by atoms with E-state index in [0.717, 1.165) is 42.6 Å². The van der Waals surface area contributed by atoms with Crippen LogP contribution in [-0.4, -0.2) is 40.9 Å². The molecule has 130 valence electrons. The first kappa shape index (κ1) is 14.7. The molecule has 1 saturated carbocycles. The molecule has 0 aromatic heterocycles. The van der Waals surface area contributed by atoms with Crippen LogP contribution in [0.1, 0.15) is 47.2 Å². The van der Waals surface area contributed by atoms with Gasteiger partial charge in [-0.15, -0.1) is 0 Å². The summed E-state index contributed by atoms with van der Waals surface area (Å²) in [5.41, 5.74) is 2.48. The summed E-state index contributed by atoms with van der Waals surface area (Å²) >= 11 is 0. The van der Waals surface area contributed by atoms with Gasteiger partial charge in [0.15, 0.2) is 0 Å². The second-order valence-corrected chi connectivity index (χ2v) is 7.37. The first-order valence-corrected chi connectivity index (χ1v) is 8.80. The van der Waals surface area contributed by atoms with Crippen LogP contribution in [0.3, 0.4) is 0 Å². The Morgan fingerprint density at radius 2 is 1.92 bits per heavy atom. The zero-order valence-corrected chi connectivity index (χ0v) is 13.8. The minimum absolute atomic E-state index is 0.0913. The van der Waals surface area contributed by atoms with Gasteiger partial charge in [0.1, 0.15) is 17.4 Å². The number of nitrogens with one attached hydrogen (secondary N) is 2. The molecule has 5 rings (SSSR count). The number of carbonyl (C=O) groups is 3. The number of fused-ring (bicyclic) bond motifs is 3. The Kier molecular flexibility index (Phi) is 2.93. The van der Waals surface area contributed by atoms with Crippen LogP contribution in [0.5, 0.6) is 5.75 Å². The highest BCUT2D eigenvalue weighted by Gasteiger charge is 2.46. The van der Waals surface area contributed by atoms with Gasteiger partial charge in [0, 0.05) is 13.1 Å². The summed E-state index contributed by atoms with van der Waals surface area (Å²) in [6.45, 7) is 0.503. The zero-order valence-electron chi connectivity index (χ0n) is 13.8. The van der Waals surface area contributed by atoms with Crippen molar-refractivity contribution in [1.29, 1.82) is 0 Å². The quantitative estimate of drug-likeness (QED) is 0.801. The van der Waals surface area contributed by atoms with Crippen molar-refractivity contribution in [1.82, 2.24) is 15.5 Å². The SMILES string of the molecule is O=C1NCC(N2Cc3ccc4c(c3C2=O)OC2(CCC2)CC4)C(=O)N1. The standard InChI is InChI=1S/C18H19N3O4/c22-15-12(8-19-17(24)20-15)21-9-11-3-2-10-4-7-18(5-1-6-18)25-14(10)13(11)16(21)23/h2-3,12H,1,4-9H2,(H2,19,20,22,24). The molecule has 1 unspecified atom stereocenters. The number of ether oxygens (including phenoxy) is 1. The monoisotopic (exact) mass is 341 g/mol. The Labute approximate surface area is 144 Å². The van der Waals surface area contributed by atoms with Crippen LogP contribution in [0.15, 0.2) is 12.1 Å². The van der Waals surface area contributed by atoms with E-state index in [1.54, 1.807) is 0 Å². The highest BCUT2D eigenvalue weighted by Crippen LogP contribution is 2.48. The molecule has 2 fully saturated rings. The van der Waals surface area contributed by atoms with Gasteiger partial charge in [0.25, 0.3) is 11.8 Å². The fourth-order valence-electron chi connectivity index (χ4n) is 4.32. The molecule has 4 aliphatic rings. The third-order valence-corrected chi connectivity index (χ3v) is 5.95. The number of hydrogen-bond acceptors (Lipinski definition) is 4. The van der Waals surface area contributed by atoms with Crippen LogP contribution in [0.4, 0.5) is 4.79 Å². The predicted octanol–water partition coefficient (Wildman–Crippen LogP) is 1.10. The predicted molar refractivity (Wildman–Crippen MR) is 87.2 cm³/mol. The van der Waals surface area contributed by atoms with E-state index >= 15 is 0 Å². The molecule has 4 amide bonds. The van der Waals surface area contributed by atoms with E-state index in [9.17, 15) is 14.4 Å². The van der Waals surface area contributed by atoms with Crippen LogP contribution in [-0.2, 0) is 17.8 Å².